The molecule has 0 aromatic heterocycles. The topological polar surface area (TPSA) is 0 Å². The molecule has 80 valence electrons. The van der Waals surface area contributed by atoms with Crippen LogP contribution in [0.3, 0.4) is 0 Å². The second-order valence-corrected chi connectivity index (χ2v) is 4.92. The standard InChI is InChI=1S/C11H22.C2H6/c1-8(2)11-6-9(3)5-10(4)7-11;1-2/h8-11H,5-7H2,1-4H3;1-2H3. The molecule has 0 radical (unpaired) electrons. The van der Waals surface area contributed by atoms with Crippen LogP contribution in [0.4, 0.5) is 0 Å². The molecule has 0 heteroatoms. The SMILES string of the molecule is CC.CC1CC(C)CC(C(C)C)C1. The number of rotatable bonds is 1. The van der Waals surface area contributed by atoms with Crippen LogP contribution in [0.2, 0.25) is 0 Å². The number of hydrogen-bond donors (Lipinski definition) is 0. The summed E-state index contributed by atoms with van der Waals surface area (Å²) in [6.45, 7) is 13.6. The molecule has 0 aromatic rings. The van der Waals surface area contributed by atoms with Crippen molar-refractivity contribution in [3.8, 4) is 0 Å². The Labute approximate surface area is 85.1 Å². The lowest BCUT2D eigenvalue weighted by atomic mass is 9.72. The van der Waals surface area contributed by atoms with Gasteiger partial charge in [0.1, 0.15) is 0 Å². The molecule has 2 unspecified atom stereocenters. The molecule has 0 heterocycles. The normalized spacial score (nSPS) is 33.9. The van der Waals surface area contributed by atoms with Crippen molar-refractivity contribution in [3.63, 3.8) is 0 Å². The molecule has 0 N–H and O–H groups in total. The zero-order chi connectivity index (χ0) is 10.4. The maximum Gasteiger partial charge on any atom is -0.0386 e. The molecular formula is C13H28. The predicted octanol–water partition coefficient (Wildman–Crippen LogP) is 4.74. The van der Waals surface area contributed by atoms with Gasteiger partial charge in [-0.05, 0) is 42.9 Å². The van der Waals surface area contributed by atoms with Crippen LogP contribution in [0.5, 0.6) is 0 Å². The maximum atomic E-state index is 2.41. The third-order valence-corrected chi connectivity index (χ3v) is 3.16. The molecule has 0 aromatic carbocycles. The molecule has 1 fully saturated rings. The Morgan fingerprint density at radius 2 is 1.23 bits per heavy atom. The zero-order valence-electron chi connectivity index (χ0n) is 10.4. The first-order valence-electron chi connectivity index (χ1n) is 6.09. The fourth-order valence-electron chi connectivity index (χ4n) is 2.55. The van der Waals surface area contributed by atoms with E-state index in [-0.39, 0.29) is 0 Å². The van der Waals surface area contributed by atoms with Crippen LogP contribution in [0.1, 0.15) is 60.8 Å². The van der Waals surface area contributed by atoms with Gasteiger partial charge in [0.05, 0.1) is 0 Å². The molecule has 0 nitrogen and oxygen atoms in total. The minimum absolute atomic E-state index is 0.903. The largest absolute Gasteiger partial charge is 0.0683 e. The van der Waals surface area contributed by atoms with E-state index in [0.29, 0.717) is 0 Å². The van der Waals surface area contributed by atoms with Gasteiger partial charge in [-0.1, -0.05) is 41.5 Å². The molecule has 0 spiro atoms. The summed E-state index contributed by atoms with van der Waals surface area (Å²) in [6.07, 6.45) is 4.41. The van der Waals surface area contributed by atoms with Crippen LogP contribution in [-0.4, -0.2) is 0 Å². The minimum Gasteiger partial charge on any atom is -0.0683 e. The lowest BCUT2D eigenvalue weighted by Gasteiger charge is -2.33. The maximum absolute atomic E-state index is 2.41. The highest BCUT2D eigenvalue weighted by atomic mass is 14.3. The smallest absolute Gasteiger partial charge is 0.0386 e. The second-order valence-electron chi connectivity index (χ2n) is 4.92. The van der Waals surface area contributed by atoms with Crippen molar-refractivity contribution in [1.82, 2.24) is 0 Å². The third-order valence-electron chi connectivity index (χ3n) is 3.16. The minimum atomic E-state index is 0.903. The van der Waals surface area contributed by atoms with E-state index in [0.717, 1.165) is 23.7 Å². The van der Waals surface area contributed by atoms with Gasteiger partial charge in [0.25, 0.3) is 0 Å². The summed E-state index contributed by atoms with van der Waals surface area (Å²) in [5.74, 6) is 3.87. The van der Waals surface area contributed by atoms with Gasteiger partial charge in [-0.25, -0.2) is 0 Å². The first-order chi connectivity index (χ1) is 6.09. The van der Waals surface area contributed by atoms with Gasteiger partial charge in [-0.2, -0.15) is 0 Å². The quantitative estimate of drug-likeness (QED) is 0.552. The molecule has 13 heavy (non-hydrogen) atoms. The molecule has 0 saturated heterocycles. The van der Waals surface area contributed by atoms with E-state index in [4.69, 9.17) is 0 Å². The van der Waals surface area contributed by atoms with Gasteiger partial charge in [0.2, 0.25) is 0 Å². The van der Waals surface area contributed by atoms with Gasteiger partial charge in [0.15, 0.2) is 0 Å². The monoisotopic (exact) mass is 184 g/mol. The Morgan fingerprint density at radius 3 is 1.54 bits per heavy atom. The van der Waals surface area contributed by atoms with Crippen LogP contribution < -0.4 is 0 Å². The van der Waals surface area contributed by atoms with Crippen LogP contribution in [-0.2, 0) is 0 Å². The number of hydrogen-bond acceptors (Lipinski definition) is 0. The average molecular weight is 184 g/mol. The van der Waals surface area contributed by atoms with Crippen molar-refractivity contribution >= 4 is 0 Å². The molecule has 1 aliphatic carbocycles. The second kappa shape index (κ2) is 6.45. The Hall–Kier alpha value is 0. The van der Waals surface area contributed by atoms with Crippen molar-refractivity contribution in [2.75, 3.05) is 0 Å². The van der Waals surface area contributed by atoms with Crippen molar-refractivity contribution in [2.45, 2.75) is 60.8 Å². The first kappa shape index (κ1) is 13.0. The van der Waals surface area contributed by atoms with E-state index in [1.807, 2.05) is 13.8 Å². The van der Waals surface area contributed by atoms with E-state index >= 15 is 0 Å². The van der Waals surface area contributed by atoms with Gasteiger partial charge < -0.3 is 0 Å². The van der Waals surface area contributed by atoms with E-state index in [2.05, 4.69) is 27.7 Å². The molecule has 1 saturated carbocycles. The van der Waals surface area contributed by atoms with Crippen molar-refractivity contribution < 1.29 is 0 Å². The Morgan fingerprint density at radius 1 is 0.846 bits per heavy atom. The molecule has 1 aliphatic rings. The van der Waals surface area contributed by atoms with E-state index in [1.54, 1.807) is 0 Å². The van der Waals surface area contributed by atoms with Crippen LogP contribution in [0.25, 0.3) is 0 Å². The first-order valence-corrected chi connectivity index (χ1v) is 6.09. The molecule has 0 bridgehead atoms. The highest BCUT2D eigenvalue weighted by molar-refractivity contribution is 4.76. The Bertz CT molecular complexity index is 105. The summed E-state index contributed by atoms with van der Waals surface area (Å²) in [5, 5.41) is 0. The predicted molar refractivity (Wildman–Crippen MR) is 61.9 cm³/mol. The van der Waals surface area contributed by atoms with Crippen LogP contribution in [0.15, 0.2) is 0 Å². The highest BCUT2D eigenvalue weighted by Gasteiger charge is 2.25. The summed E-state index contributed by atoms with van der Waals surface area (Å²) in [6, 6.07) is 0. The van der Waals surface area contributed by atoms with E-state index < -0.39 is 0 Å². The van der Waals surface area contributed by atoms with Crippen molar-refractivity contribution in [3.05, 3.63) is 0 Å². The van der Waals surface area contributed by atoms with Gasteiger partial charge in [-0.15, -0.1) is 0 Å². The van der Waals surface area contributed by atoms with E-state index in [9.17, 15) is 0 Å². The summed E-state index contributed by atoms with van der Waals surface area (Å²) >= 11 is 0. The fraction of sp³-hybridized carbons (Fsp3) is 1.00. The highest BCUT2D eigenvalue weighted by Crippen LogP contribution is 2.36. The van der Waals surface area contributed by atoms with Gasteiger partial charge in [-0.3, -0.25) is 0 Å². The Kier molecular flexibility index (Phi) is 6.45. The fourth-order valence-corrected chi connectivity index (χ4v) is 2.55. The summed E-state index contributed by atoms with van der Waals surface area (Å²) < 4.78 is 0. The van der Waals surface area contributed by atoms with Crippen LogP contribution >= 0.6 is 0 Å². The lowest BCUT2D eigenvalue weighted by molar-refractivity contribution is 0.176. The van der Waals surface area contributed by atoms with Crippen molar-refractivity contribution in [1.29, 1.82) is 0 Å². The molecule has 1 rings (SSSR count). The van der Waals surface area contributed by atoms with Gasteiger partial charge in [0, 0.05) is 0 Å². The summed E-state index contributed by atoms with van der Waals surface area (Å²) in [4.78, 5) is 0. The lowest BCUT2D eigenvalue weighted by Crippen LogP contribution is -2.23. The van der Waals surface area contributed by atoms with Crippen LogP contribution in [0, 0.1) is 23.7 Å². The summed E-state index contributed by atoms with van der Waals surface area (Å²) in [5.41, 5.74) is 0. The Balaban J connectivity index is 0.000000671. The van der Waals surface area contributed by atoms with Gasteiger partial charge >= 0.3 is 0 Å². The molecular weight excluding hydrogens is 156 g/mol. The molecule has 0 aliphatic heterocycles. The van der Waals surface area contributed by atoms with Crippen molar-refractivity contribution in [2.24, 2.45) is 23.7 Å². The molecule has 0 amide bonds. The zero-order valence-corrected chi connectivity index (χ0v) is 10.4. The average Bonchev–Trinajstić information content (AvgIpc) is 2.06. The molecule has 2 atom stereocenters. The third kappa shape index (κ3) is 4.69. The summed E-state index contributed by atoms with van der Waals surface area (Å²) in [7, 11) is 0. The van der Waals surface area contributed by atoms with E-state index in [1.165, 1.54) is 19.3 Å².